The van der Waals surface area contributed by atoms with Crippen molar-refractivity contribution >= 4 is 0 Å². The third-order valence-corrected chi connectivity index (χ3v) is 5.51. The fourth-order valence-electron chi connectivity index (χ4n) is 3.71. The maximum Gasteiger partial charge on any atom is 0.266 e. The molecule has 1 aliphatic heterocycles. The molecule has 0 bridgehead atoms. The number of aromatic nitrogens is 2. The minimum absolute atomic E-state index is 0.0226. The lowest BCUT2D eigenvalue weighted by Gasteiger charge is -2.32. The lowest BCUT2D eigenvalue weighted by Crippen LogP contribution is -2.36. The number of nitrogens with zero attached hydrogens (tertiary/aromatic N) is 4. The molecule has 1 aromatic carbocycles. The van der Waals surface area contributed by atoms with Crippen LogP contribution in [0.1, 0.15) is 48.4 Å². The Labute approximate surface area is 153 Å². The van der Waals surface area contributed by atoms with E-state index >= 15 is 0 Å². The van der Waals surface area contributed by atoms with Crippen LogP contribution in [0.5, 0.6) is 0 Å². The molecule has 5 nitrogen and oxygen atoms in total. The van der Waals surface area contributed by atoms with Gasteiger partial charge in [0.15, 0.2) is 0 Å². The smallest absolute Gasteiger partial charge is 0.266 e. The summed E-state index contributed by atoms with van der Waals surface area (Å²) in [5.41, 5.74) is 3.06. The molecule has 1 aliphatic carbocycles. The summed E-state index contributed by atoms with van der Waals surface area (Å²) in [6, 6.07) is 13.6. The Hall–Kier alpha value is -2.45. The van der Waals surface area contributed by atoms with Gasteiger partial charge in [0.2, 0.25) is 0 Å². The molecular weight excluding hydrogens is 324 g/mol. The van der Waals surface area contributed by atoms with Gasteiger partial charge in [-0.3, -0.25) is 9.69 Å². The molecule has 2 heterocycles. The van der Waals surface area contributed by atoms with Gasteiger partial charge in [-0.15, -0.1) is 0 Å². The van der Waals surface area contributed by atoms with Gasteiger partial charge in [0, 0.05) is 25.1 Å². The van der Waals surface area contributed by atoms with E-state index in [1.165, 1.54) is 18.4 Å². The average molecular weight is 348 g/mol. The number of nitriles is 1. The fourth-order valence-corrected chi connectivity index (χ4v) is 3.71. The molecule has 0 radical (unpaired) electrons. The Morgan fingerprint density at radius 2 is 1.77 bits per heavy atom. The van der Waals surface area contributed by atoms with Crippen LogP contribution in [0, 0.1) is 17.2 Å². The topological polar surface area (TPSA) is 61.9 Å². The van der Waals surface area contributed by atoms with Gasteiger partial charge >= 0.3 is 0 Å². The summed E-state index contributed by atoms with van der Waals surface area (Å²) in [5.74, 6) is 1.10. The maximum atomic E-state index is 12.1. The molecule has 5 heteroatoms. The van der Waals surface area contributed by atoms with E-state index in [1.807, 2.05) is 30.3 Å². The van der Waals surface area contributed by atoms with Gasteiger partial charge in [0.25, 0.3) is 5.56 Å². The maximum absolute atomic E-state index is 12.1. The fraction of sp³-hybridized carbons (Fsp3) is 0.476. The summed E-state index contributed by atoms with van der Waals surface area (Å²) in [7, 11) is 0. The van der Waals surface area contributed by atoms with Gasteiger partial charge in [0.1, 0.15) is 0 Å². The lowest BCUT2D eigenvalue weighted by atomic mass is 9.96. The van der Waals surface area contributed by atoms with E-state index in [9.17, 15) is 4.79 Å². The van der Waals surface area contributed by atoms with Crippen LogP contribution in [0.15, 0.2) is 41.2 Å². The van der Waals surface area contributed by atoms with Gasteiger partial charge in [0.05, 0.1) is 17.3 Å². The SMILES string of the molecule is N#Cc1ccc(CN2CCC(Cn3nc(C4CC4)ccc3=O)CC2)cc1. The van der Waals surface area contributed by atoms with Crippen LogP contribution in [0.4, 0.5) is 0 Å². The lowest BCUT2D eigenvalue weighted by molar-refractivity contribution is 0.163. The van der Waals surface area contributed by atoms with Crippen LogP contribution >= 0.6 is 0 Å². The minimum atomic E-state index is 0.0226. The zero-order valence-electron chi connectivity index (χ0n) is 15.0. The molecule has 0 atom stereocenters. The van der Waals surface area contributed by atoms with Crippen molar-refractivity contribution in [2.75, 3.05) is 13.1 Å². The molecule has 0 N–H and O–H groups in total. The molecule has 2 fully saturated rings. The zero-order chi connectivity index (χ0) is 17.9. The molecule has 2 aromatic rings. The summed E-state index contributed by atoms with van der Waals surface area (Å²) in [5, 5.41) is 13.5. The van der Waals surface area contributed by atoms with Crippen molar-refractivity contribution in [3.8, 4) is 6.07 Å². The Morgan fingerprint density at radius 3 is 2.42 bits per heavy atom. The zero-order valence-corrected chi connectivity index (χ0v) is 15.0. The standard InChI is InChI=1S/C21H24N4O/c22-13-16-1-3-17(4-2-16)14-24-11-9-18(10-12-24)15-25-21(26)8-7-20(23-25)19-5-6-19/h1-4,7-8,18-19H,5-6,9-12,14-15H2. The normalized spacial score (nSPS) is 18.6. The Bertz CT molecular complexity index is 853. The second kappa shape index (κ2) is 7.43. The summed E-state index contributed by atoms with van der Waals surface area (Å²) in [6.45, 7) is 3.75. The molecular formula is C21H24N4O. The monoisotopic (exact) mass is 348 g/mol. The van der Waals surface area contributed by atoms with E-state index in [2.05, 4.69) is 16.1 Å². The number of hydrogen-bond donors (Lipinski definition) is 0. The number of hydrogen-bond acceptors (Lipinski definition) is 4. The summed E-state index contributed by atoms with van der Waals surface area (Å²) < 4.78 is 1.69. The van der Waals surface area contributed by atoms with Gasteiger partial charge in [-0.25, -0.2) is 4.68 Å². The second-order valence-corrected chi connectivity index (χ2v) is 7.58. The molecule has 0 spiro atoms. The second-order valence-electron chi connectivity index (χ2n) is 7.58. The molecule has 134 valence electrons. The highest BCUT2D eigenvalue weighted by Crippen LogP contribution is 2.38. The molecule has 2 aliphatic rings. The van der Waals surface area contributed by atoms with E-state index in [-0.39, 0.29) is 5.56 Å². The summed E-state index contributed by atoms with van der Waals surface area (Å²) in [4.78, 5) is 14.6. The van der Waals surface area contributed by atoms with Crippen molar-refractivity contribution in [3.05, 3.63) is 63.6 Å². The van der Waals surface area contributed by atoms with E-state index in [1.54, 1.807) is 10.7 Å². The first-order valence-electron chi connectivity index (χ1n) is 9.51. The third-order valence-electron chi connectivity index (χ3n) is 5.51. The highest BCUT2D eigenvalue weighted by Gasteiger charge is 2.26. The van der Waals surface area contributed by atoms with Crippen LogP contribution in [0.25, 0.3) is 0 Å². The molecule has 1 saturated heterocycles. The van der Waals surface area contributed by atoms with Crippen molar-refractivity contribution in [1.29, 1.82) is 5.26 Å². The van der Waals surface area contributed by atoms with Crippen molar-refractivity contribution in [3.63, 3.8) is 0 Å². The summed E-state index contributed by atoms with van der Waals surface area (Å²) in [6.07, 6.45) is 4.61. The Balaban J connectivity index is 1.31. The first-order chi connectivity index (χ1) is 12.7. The molecule has 1 aromatic heterocycles. The van der Waals surface area contributed by atoms with Crippen LogP contribution in [0.2, 0.25) is 0 Å². The van der Waals surface area contributed by atoms with Crippen LogP contribution in [-0.4, -0.2) is 27.8 Å². The minimum Gasteiger partial charge on any atom is -0.299 e. The molecule has 0 unspecified atom stereocenters. The van der Waals surface area contributed by atoms with Crippen molar-refractivity contribution in [2.45, 2.75) is 44.7 Å². The van der Waals surface area contributed by atoms with E-state index in [0.29, 0.717) is 17.4 Å². The van der Waals surface area contributed by atoms with E-state index in [0.717, 1.165) is 44.7 Å². The number of rotatable bonds is 5. The average Bonchev–Trinajstić information content (AvgIpc) is 3.51. The van der Waals surface area contributed by atoms with E-state index < -0.39 is 0 Å². The van der Waals surface area contributed by atoms with Gasteiger partial charge in [-0.05, 0) is 68.5 Å². The van der Waals surface area contributed by atoms with Crippen LogP contribution < -0.4 is 5.56 Å². The van der Waals surface area contributed by atoms with Crippen molar-refractivity contribution in [1.82, 2.24) is 14.7 Å². The first kappa shape index (κ1) is 17.0. The number of benzene rings is 1. The van der Waals surface area contributed by atoms with E-state index in [4.69, 9.17) is 5.26 Å². The molecule has 4 rings (SSSR count). The molecule has 1 saturated carbocycles. The highest BCUT2D eigenvalue weighted by atomic mass is 16.1. The van der Waals surface area contributed by atoms with Gasteiger partial charge < -0.3 is 0 Å². The van der Waals surface area contributed by atoms with Gasteiger partial charge in [-0.2, -0.15) is 10.4 Å². The highest BCUT2D eigenvalue weighted by molar-refractivity contribution is 5.31. The number of likely N-dealkylation sites (tertiary alicyclic amines) is 1. The Kier molecular flexibility index (Phi) is 4.85. The first-order valence-corrected chi connectivity index (χ1v) is 9.51. The molecule has 0 amide bonds. The quantitative estimate of drug-likeness (QED) is 0.833. The predicted molar refractivity (Wildman–Crippen MR) is 99.6 cm³/mol. The van der Waals surface area contributed by atoms with Crippen LogP contribution in [-0.2, 0) is 13.1 Å². The predicted octanol–water partition coefficient (Wildman–Crippen LogP) is 2.90. The van der Waals surface area contributed by atoms with Crippen molar-refractivity contribution in [2.24, 2.45) is 5.92 Å². The van der Waals surface area contributed by atoms with Crippen LogP contribution in [0.3, 0.4) is 0 Å². The number of piperidine rings is 1. The molecule has 26 heavy (non-hydrogen) atoms. The third kappa shape index (κ3) is 4.03. The summed E-state index contributed by atoms with van der Waals surface area (Å²) >= 11 is 0. The van der Waals surface area contributed by atoms with Crippen molar-refractivity contribution < 1.29 is 0 Å². The Morgan fingerprint density at radius 1 is 1.04 bits per heavy atom. The largest absolute Gasteiger partial charge is 0.299 e. The van der Waals surface area contributed by atoms with Gasteiger partial charge in [-0.1, -0.05) is 12.1 Å².